The van der Waals surface area contributed by atoms with Crippen LogP contribution in [0.15, 0.2) is 48.5 Å². The standard InChI is InChI=1S/C24H28N6O3S/c1-16(2)34(31,32)30-20-14-18(8-9-19(20)26-24(30)25)23-22(17-6-4-3-5-7-17)27-21(28-23)15-29-10-12-33-13-11-29/h3-9,14,16H,10-13,15H2,1-2H3,(H2,25,26)(H,27,28). The zero-order valence-electron chi connectivity index (χ0n) is 19.2. The Hall–Kier alpha value is -3.21. The minimum atomic E-state index is -3.68. The molecule has 0 radical (unpaired) electrons. The third-order valence-electron chi connectivity index (χ3n) is 6.05. The summed E-state index contributed by atoms with van der Waals surface area (Å²) >= 11 is 0. The lowest BCUT2D eigenvalue weighted by atomic mass is 10.0. The largest absolute Gasteiger partial charge is 0.379 e. The van der Waals surface area contributed by atoms with Gasteiger partial charge in [0.25, 0.3) is 0 Å². The third-order valence-corrected chi connectivity index (χ3v) is 8.14. The fraction of sp³-hybridized carbons (Fsp3) is 0.333. The number of nitrogens with zero attached hydrogens (tertiary/aromatic N) is 4. The van der Waals surface area contributed by atoms with Gasteiger partial charge in [-0.3, -0.25) is 4.90 Å². The first-order chi connectivity index (χ1) is 16.3. The molecule has 0 bridgehead atoms. The van der Waals surface area contributed by atoms with E-state index in [1.807, 2.05) is 36.4 Å². The van der Waals surface area contributed by atoms with E-state index < -0.39 is 15.3 Å². The van der Waals surface area contributed by atoms with Crippen LogP contribution in [0.3, 0.4) is 0 Å². The lowest BCUT2D eigenvalue weighted by Gasteiger charge is -2.25. The molecule has 0 unspecified atom stereocenters. The molecule has 5 rings (SSSR count). The van der Waals surface area contributed by atoms with Gasteiger partial charge in [-0.15, -0.1) is 0 Å². The number of ether oxygens (including phenoxy) is 1. The van der Waals surface area contributed by atoms with Crippen molar-refractivity contribution in [3.8, 4) is 22.5 Å². The molecular formula is C24H28N6O3S. The Morgan fingerprint density at radius 3 is 2.50 bits per heavy atom. The van der Waals surface area contributed by atoms with Crippen molar-refractivity contribution in [2.45, 2.75) is 25.6 Å². The molecule has 1 saturated heterocycles. The number of benzene rings is 2. The van der Waals surface area contributed by atoms with E-state index in [9.17, 15) is 8.42 Å². The van der Waals surface area contributed by atoms with Crippen LogP contribution in [-0.2, 0) is 21.3 Å². The van der Waals surface area contributed by atoms with Crippen LogP contribution < -0.4 is 5.73 Å². The average molecular weight is 481 g/mol. The summed E-state index contributed by atoms with van der Waals surface area (Å²) in [5, 5.41) is -0.638. The summed E-state index contributed by atoms with van der Waals surface area (Å²) in [7, 11) is -3.68. The molecule has 10 heteroatoms. The maximum atomic E-state index is 13.0. The summed E-state index contributed by atoms with van der Waals surface area (Å²) in [6.45, 7) is 7.07. The maximum Gasteiger partial charge on any atom is 0.244 e. The Labute approximate surface area is 198 Å². The van der Waals surface area contributed by atoms with Crippen molar-refractivity contribution >= 4 is 27.0 Å². The second kappa shape index (κ2) is 8.86. The van der Waals surface area contributed by atoms with Gasteiger partial charge in [-0.05, 0) is 26.0 Å². The van der Waals surface area contributed by atoms with Crippen molar-refractivity contribution in [1.29, 1.82) is 0 Å². The smallest absolute Gasteiger partial charge is 0.244 e. The highest BCUT2D eigenvalue weighted by Crippen LogP contribution is 2.33. The van der Waals surface area contributed by atoms with E-state index in [1.54, 1.807) is 26.0 Å². The van der Waals surface area contributed by atoms with Gasteiger partial charge in [-0.25, -0.2) is 22.4 Å². The van der Waals surface area contributed by atoms with Crippen molar-refractivity contribution in [1.82, 2.24) is 23.8 Å². The third kappa shape index (κ3) is 4.08. The quantitative estimate of drug-likeness (QED) is 0.435. The van der Waals surface area contributed by atoms with E-state index >= 15 is 0 Å². The minimum absolute atomic E-state index is 0.0424. The fourth-order valence-electron chi connectivity index (χ4n) is 4.19. The molecule has 3 heterocycles. The maximum absolute atomic E-state index is 13.0. The van der Waals surface area contributed by atoms with Crippen LogP contribution in [0.2, 0.25) is 0 Å². The van der Waals surface area contributed by atoms with E-state index in [1.165, 1.54) is 0 Å². The molecule has 1 aliphatic heterocycles. The first-order valence-corrected chi connectivity index (χ1v) is 12.8. The van der Waals surface area contributed by atoms with Crippen LogP contribution in [0.5, 0.6) is 0 Å². The Bertz CT molecular complexity index is 1420. The van der Waals surface area contributed by atoms with Crippen molar-refractivity contribution in [2.75, 3.05) is 32.0 Å². The van der Waals surface area contributed by atoms with Crippen LogP contribution in [0.4, 0.5) is 5.95 Å². The number of morpholine rings is 1. The van der Waals surface area contributed by atoms with Gasteiger partial charge in [0.2, 0.25) is 16.0 Å². The van der Waals surface area contributed by atoms with Gasteiger partial charge in [0.1, 0.15) is 5.82 Å². The summed E-state index contributed by atoms with van der Waals surface area (Å²) in [6.07, 6.45) is 0. The molecule has 1 fully saturated rings. The number of hydrogen-bond acceptors (Lipinski definition) is 7. The number of aromatic amines is 1. The van der Waals surface area contributed by atoms with Crippen molar-refractivity contribution < 1.29 is 13.2 Å². The van der Waals surface area contributed by atoms with Gasteiger partial charge in [0.05, 0.1) is 47.4 Å². The van der Waals surface area contributed by atoms with Gasteiger partial charge >= 0.3 is 0 Å². The van der Waals surface area contributed by atoms with Crippen LogP contribution in [0.1, 0.15) is 19.7 Å². The Balaban J connectivity index is 1.64. The summed E-state index contributed by atoms with van der Waals surface area (Å²) < 4.78 is 32.6. The first kappa shape index (κ1) is 22.6. The van der Waals surface area contributed by atoms with Gasteiger partial charge in [0, 0.05) is 24.2 Å². The number of hydrogen-bond donors (Lipinski definition) is 2. The highest BCUT2D eigenvalue weighted by molar-refractivity contribution is 7.90. The Morgan fingerprint density at radius 1 is 1.06 bits per heavy atom. The van der Waals surface area contributed by atoms with Crippen LogP contribution >= 0.6 is 0 Å². The SMILES string of the molecule is CC(C)S(=O)(=O)n1c(N)nc2ccc(-c3nc(CN4CCOCC4)[nH]c3-c3ccccc3)cc21. The van der Waals surface area contributed by atoms with Gasteiger partial charge in [0.15, 0.2) is 0 Å². The van der Waals surface area contributed by atoms with E-state index in [4.69, 9.17) is 15.5 Å². The molecule has 178 valence electrons. The van der Waals surface area contributed by atoms with E-state index in [2.05, 4.69) is 14.9 Å². The van der Waals surface area contributed by atoms with E-state index in [0.29, 0.717) is 30.8 Å². The lowest BCUT2D eigenvalue weighted by Crippen LogP contribution is -2.35. The van der Waals surface area contributed by atoms with Gasteiger partial charge in [-0.1, -0.05) is 36.4 Å². The second-order valence-electron chi connectivity index (χ2n) is 8.69. The normalized spacial score (nSPS) is 15.4. The van der Waals surface area contributed by atoms with Crippen LogP contribution in [0.25, 0.3) is 33.5 Å². The predicted molar refractivity (Wildman–Crippen MR) is 133 cm³/mol. The number of H-pyrrole nitrogens is 1. The number of nitrogens with one attached hydrogen (secondary N) is 1. The molecule has 2 aromatic heterocycles. The molecule has 9 nitrogen and oxygen atoms in total. The highest BCUT2D eigenvalue weighted by Gasteiger charge is 2.25. The summed E-state index contributed by atoms with van der Waals surface area (Å²) in [6, 6.07) is 15.5. The average Bonchev–Trinajstić information content (AvgIpc) is 3.40. The zero-order valence-corrected chi connectivity index (χ0v) is 20.0. The van der Waals surface area contributed by atoms with Crippen LogP contribution in [0, 0.1) is 0 Å². The molecule has 1 aliphatic rings. The molecule has 0 amide bonds. The topological polar surface area (TPSA) is 119 Å². The molecule has 34 heavy (non-hydrogen) atoms. The van der Waals surface area contributed by atoms with E-state index in [0.717, 1.165) is 45.4 Å². The van der Waals surface area contributed by atoms with Gasteiger partial charge < -0.3 is 15.5 Å². The monoisotopic (exact) mass is 480 g/mol. The first-order valence-electron chi connectivity index (χ1n) is 11.3. The molecule has 3 N–H and O–H groups in total. The summed E-state index contributed by atoms with van der Waals surface area (Å²) in [5.74, 6) is 0.804. The molecule has 4 aromatic rings. The molecule has 0 saturated carbocycles. The highest BCUT2D eigenvalue weighted by atomic mass is 32.2. The van der Waals surface area contributed by atoms with Crippen molar-refractivity contribution in [2.24, 2.45) is 0 Å². The molecule has 0 atom stereocenters. The zero-order chi connectivity index (χ0) is 23.9. The minimum Gasteiger partial charge on any atom is -0.379 e. The fourth-order valence-corrected chi connectivity index (χ4v) is 5.33. The molecule has 2 aromatic carbocycles. The molecular weight excluding hydrogens is 452 g/mol. The molecule has 0 spiro atoms. The Morgan fingerprint density at radius 2 is 1.79 bits per heavy atom. The van der Waals surface area contributed by atoms with Crippen LogP contribution in [-0.4, -0.2) is 63.8 Å². The second-order valence-corrected chi connectivity index (χ2v) is 11.0. The number of fused-ring (bicyclic) bond motifs is 1. The number of imidazole rings is 2. The predicted octanol–water partition coefficient (Wildman–Crippen LogP) is 3.09. The Kier molecular flexibility index (Phi) is 5.88. The number of nitrogen functional groups attached to an aromatic ring is 1. The lowest BCUT2D eigenvalue weighted by molar-refractivity contribution is 0.0332. The summed E-state index contributed by atoms with van der Waals surface area (Å²) in [4.78, 5) is 15.0. The van der Waals surface area contributed by atoms with E-state index in [-0.39, 0.29) is 5.95 Å². The summed E-state index contributed by atoms with van der Waals surface area (Å²) in [5.41, 5.74) is 10.4. The molecule has 0 aliphatic carbocycles. The van der Waals surface area contributed by atoms with Crippen molar-refractivity contribution in [3.05, 3.63) is 54.4 Å². The number of anilines is 1. The van der Waals surface area contributed by atoms with Crippen molar-refractivity contribution in [3.63, 3.8) is 0 Å². The number of aromatic nitrogens is 4. The number of rotatable bonds is 6. The number of nitrogens with two attached hydrogens (primary N) is 1. The van der Waals surface area contributed by atoms with Gasteiger partial charge in [-0.2, -0.15) is 0 Å².